The number of amides is 1. The van der Waals surface area contributed by atoms with E-state index in [2.05, 4.69) is 5.32 Å². The lowest BCUT2D eigenvalue weighted by molar-refractivity contribution is -0.118. The van der Waals surface area contributed by atoms with Crippen molar-refractivity contribution in [2.75, 3.05) is 17.3 Å². The zero-order chi connectivity index (χ0) is 12.7. The van der Waals surface area contributed by atoms with Crippen LogP contribution in [0.25, 0.3) is 0 Å². The van der Waals surface area contributed by atoms with Gasteiger partial charge in [-0.2, -0.15) is 0 Å². The van der Waals surface area contributed by atoms with Gasteiger partial charge in [0.2, 0.25) is 5.91 Å². The van der Waals surface area contributed by atoms with Crippen LogP contribution in [0.3, 0.4) is 0 Å². The van der Waals surface area contributed by atoms with Gasteiger partial charge in [0.1, 0.15) is 10.9 Å². The standard InChI is InChI=1S/C11H14N2O3S/c1-5(2)8-10(14)12-7-6(13(8)3)4-17-9(7)11(15)16/h4-5,8H,1-3H3,(H,12,14)(H,15,16)/t8-/m0/s1. The lowest BCUT2D eigenvalue weighted by Gasteiger charge is -2.36. The van der Waals surface area contributed by atoms with Gasteiger partial charge >= 0.3 is 5.97 Å². The highest BCUT2D eigenvalue weighted by Gasteiger charge is 2.35. The zero-order valence-electron chi connectivity index (χ0n) is 9.85. The van der Waals surface area contributed by atoms with Gasteiger partial charge < -0.3 is 15.3 Å². The molecule has 1 aromatic rings. The Bertz CT molecular complexity index is 481. The van der Waals surface area contributed by atoms with Crippen LogP contribution < -0.4 is 10.2 Å². The van der Waals surface area contributed by atoms with Crippen molar-refractivity contribution in [3.63, 3.8) is 0 Å². The van der Waals surface area contributed by atoms with Crippen molar-refractivity contribution < 1.29 is 14.7 Å². The van der Waals surface area contributed by atoms with E-state index in [1.54, 1.807) is 5.38 Å². The summed E-state index contributed by atoms with van der Waals surface area (Å²) >= 11 is 1.14. The van der Waals surface area contributed by atoms with Crippen LogP contribution >= 0.6 is 11.3 Å². The molecule has 92 valence electrons. The molecule has 1 aliphatic heterocycles. The summed E-state index contributed by atoms with van der Waals surface area (Å²) in [6.45, 7) is 3.94. The summed E-state index contributed by atoms with van der Waals surface area (Å²) in [5.74, 6) is -0.981. The summed E-state index contributed by atoms with van der Waals surface area (Å²) in [4.78, 5) is 25.0. The SMILES string of the molecule is CC(C)[C@H]1C(=O)Nc2c(csc2C(=O)O)N1C. The normalized spacial score (nSPS) is 19.2. The minimum Gasteiger partial charge on any atom is -0.477 e. The Morgan fingerprint density at radius 2 is 2.24 bits per heavy atom. The third-order valence-corrected chi connectivity index (χ3v) is 3.87. The number of likely N-dealkylation sites (N-methyl/N-ethyl adjacent to an activating group) is 1. The molecule has 1 amide bonds. The highest BCUT2D eigenvalue weighted by atomic mass is 32.1. The highest BCUT2D eigenvalue weighted by molar-refractivity contribution is 7.13. The van der Waals surface area contributed by atoms with Crippen LogP contribution in [0.4, 0.5) is 11.4 Å². The Kier molecular flexibility index (Phi) is 2.82. The molecule has 2 rings (SSSR count). The van der Waals surface area contributed by atoms with Gasteiger partial charge in [0.15, 0.2) is 0 Å². The smallest absolute Gasteiger partial charge is 0.348 e. The molecule has 0 fully saturated rings. The predicted octanol–water partition coefficient (Wildman–Crippen LogP) is 1.86. The first-order valence-corrected chi connectivity index (χ1v) is 6.20. The molecule has 0 unspecified atom stereocenters. The van der Waals surface area contributed by atoms with E-state index in [4.69, 9.17) is 5.11 Å². The number of carboxylic acid groups (broad SMARTS) is 1. The summed E-state index contributed by atoms with van der Waals surface area (Å²) in [5.41, 5.74) is 1.21. The van der Waals surface area contributed by atoms with Crippen LogP contribution in [0.5, 0.6) is 0 Å². The molecule has 1 aliphatic rings. The molecule has 0 saturated heterocycles. The molecule has 1 aromatic heterocycles. The number of fused-ring (bicyclic) bond motifs is 1. The maximum atomic E-state index is 11.9. The summed E-state index contributed by atoms with van der Waals surface area (Å²) < 4.78 is 0. The molecular formula is C11H14N2O3S. The fourth-order valence-electron chi connectivity index (χ4n) is 2.16. The Labute approximate surface area is 103 Å². The number of carbonyl (C=O) groups is 2. The monoisotopic (exact) mass is 254 g/mol. The van der Waals surface area contributed by atoms with Gasteiger partial charge in [-0.05, 0) is 5.92 Å². The maximum Gasteiger partial charge on any atom is 0.348 e. The van der Waals surface area contributed by atoms with Crippen LogP contribution in [0.1, 0.15) is 23.5 Å². The van der Waals surface area contributed by atoms with Gasteiger partial charge in [-0.3, -0.25) is 4.79 Å². The summed E-state index contributed by atoms with van der Waals surface area (Å²) in [6.07, 6.45) is 0. The van der Waals surface area contributed by atoms with E-state index in [9.17, 15) is 9.59 Å². The first-order valence-electron chi connectivity index (χ1n) is 5.32. The van der Waals surface area contributed by atoms with Crippen molar-refractivity contribution in [1.82, 2.24) is 0 Å². The van der Waals surface area contributed by atoms with E-state index in [0.29, 0.717) is 5.69 Å². The number of carbonyl (C=O) groups excluding carboxylic acids is 1. The van der Waals surface area contributed by atoms with Crippen molar-refractivity contribution in [2.24, 2.45) is 5.92 Å². The molecule has 0 saturated carbocycles. The summed E-state index contributed by atoms with van der Waals surface area (Å²) in [5, 5.41) is 13.5. The minimum absolute atomic E-state index is 0.143. The summed E-state index contributed by atoms with van der Waals surface area (Å²) in [7, 11) is 1.82. The quantitative estimate of drug-likeness (QED) is 0.845. The molecule has 6 heteroatoms. The molecule has 0 radical (unpaired) electrons. The fourth-order valence-corrected chi connectivity index (χ4v) is 3.05. The van der Waals surface area contributed by atoms with Crippen LogP contribution in [-0.4, -0.2) is 30.1 Å². The van der Waals surface area contributed by atoms with Crippen molar-refractivity contribution in [3.05, 3.63) is 10.3 Å². The third kappa shape index (κ3) is 1.78. The number of nitrogens with zero attached hydrogens (tertiary/aromatic N) is 1. The second kappa shape index (κ2) is 4.03. The lowest BCUT2D eigenvalue weighted by Crippen LogP contribution is -2.48. The van der Waals surface area contributed by atoms with Crippen LogP contribution in [0.2, 0.25) is 0 Å². The predicted molar refractivity (Wildman–Crippen MR) is 66.9 cm³/mol. The third-order valence-electron chi connectivity index (χ3n) is 2.91. The Morgan fingerprint density at radius 1 is 1.59 bits per heavy atom. The van der Waals surface area contributed by atoms with Gasteiger partial charge in [-0.25, -0.2) is 4.79 Å². The molecule has 2 N–H and O–H groups in total. The first-order chi connectivity index (χ1) is 7.93. The van der Waals surface area contributed by atoms with Crippen LogP contribution in [-0.2, 0) is 4.79 Å². The zero-order valence-corrected chi connectivity index (χ0v) is 10.7. The number of aromatic carboxylic acids is 1. The van der Waals surface area contributed by atoms with Gasteiger partial charge in [-0.15, -0.1) is 11.3 Å². The number of hydrogen-bond donors (Lipinski definition) is 2. The fraction of sp³-hybridized carbons (Fsp3) is 0.455. The summed E-state index contributed by atoms with van der Waals surface area (Å²) in [6, 6.07) is -0.251. The largest absolute Gasteiger partial charge is 0.477 e. The lowest BCUT2D eigenvalue weighted by atomic mass is 9.99. The van der Waals surface area contributed by atoms with E-state index in [0.717, 1.165) is 17.0 Å². The van der Waals surface area contributed by atoms with Crippen molar-refractivity contribution in [1.29, 1.82) is 0 Å². The molecule has 17 heavy (non-hydrogen) atoms. The Hall–Kier alpha value is -1.56. The van der Waals surface area contributed by atoms with Crippen LogP contribution in [0, 0.1) is 5.92 Å². The highest BCUT2D eigenvalue weighted by Crippen LogP contribution is 2.40. The second-order valence-corrected chi connectivity index (χ2v) is 5.30. The molecular weight excluding hydrogens is 240 g/mol. The number of nitrogens with one attached hydrogen (secondary N) is 1. The second-order valence-electron chi connectivity index (χ2n) is 4.42. The number of thiophene rings is 1. The Balaban J connectivity index is 2.47. The van der Waals surface area contributed by atoms with Gasteiger partial charge in [0.05, 0.1) is 11.4 Å². The van der Waals surface area contributed by atoms with E-state index >= 15 is 0 Å². The molecule has 0 spiro atoms. The molecule has 5 nitrogen and oxygen atoms in total. The van der Waals surface area contributed by atoms with Crippen molar-refractivity contribution in [2.45, 2.75) is 19.9 Å². The minimum atomic E-state index is -1.01. The number of rotatable bonds is 2. The number of carboxylic acids is 1. The van der Waals surface area contributed by atoms with Crippen molar-refractivity contribution in [3.8, 4) is 0 Å². The molecule has 0 aliphatic carbocycles. The van der Waals surface area contributed by atoms with E-state index in [1.165, 1.54) is 0 Å². The van der Waals surface area contributed by atoms with Gasteiger partial charge in [0.25, 0.3) is 0 Å². The van der Waals surface area contributed by atoms with Crippen molar-refractivity contribution >= 4 is 34.6 Å². The molecule has 0 bridgehead atoms. The molecule has 2 heterocycles. The van der Waals surface area contributed by atoms with Gasteiger partial charge in [-0.1, -0.05) is 13.8 Å². The average Bonchev–Trinajstić information content (AvgIpc) is 2.60. The van der Waals surface area contributed by atoms with E-state index < -0.39 is 5.97 Å². The Morgan fingerprint density at radius 3 is 2.76 bits per heavy atom. The van der Waals surface area contributed by atoms with E-state index in [1.807, 2.05) is 25.8 Å². The van der Waals surface area contributed by atoms with E-state index in [-0.39, 0.29) is 22.7 Å². The number of anilines is 2. The topological polar surface area (TPSA) is 69.6 Å². The maximum absolute atomic E-state index is 11.9. The molecule has 1 atom stereocenters. The molecule has 0 aromatic carbocycles. The first kappa shape index (κ1) is 11.9. The average molecular weight is 254 g/mol. The van der Waals surface area contributed by atoms with Gasteiger partial charge in [0, 0.05) is 12.4 Å². The number of hydrogen-bond acceptors (Lipinski definition) is 4. The van der Waals surface area contributed by atoms with Crippen LogP contribution in [0.15, 0.2) is 5.38 Å².